The summed E-state index contributed by atoms with van der Waals surface area (Å²) in [4.78, 5) is 0. The monoisotopic (exact) mass is 380 g/mol. The maximum atomic E-state index is 12.8. The van der Waals surface area contributed by atoms with Crippen LogP contribution in [0.4, 0.5) is 0 Å². The Hall–Kier alpha value is -0.370. The fourth-order valence-electron chi connectivity index (χ4n) is 3.12. The number of ether oxygens (including phenoxy) is 1. The molecule has 2 aliphatic heterocycles. The Morgan fingerprint density at radius 3 is 2.91 bits per heavy atom. The van der Waals surface area contributed by atoms with Gasteiger partial charge in [-0.05, 0) is 30.5 Å². The van der Waals surface area contributed by atoms with Gasteiger partial charge in [0, 0.05) is 31.3 Å². The molecular formula is C15H22Cl2N2O3S. The summed E-state index contributed by atoms with van der Waals surface area (Å²) < 4.78 is 32.7. The third-order valence-corrected chi connectivity index (χ3v) is 6.39. The smallest absolute Gasteiger partial charge is 0.217 e. The van der Waals surface area contributed by atoms with Gasteiger partial charge < -0.3 is 10.1 Å². The van der Waals surface area contributed by atoms with Crippen LogP contribution in [0.1, 0.15) is 24.4 Å². The standard InChI is InChI=1S/C15H21ClN2O3S.ClH/c16-13-4-1-3-12(9-13)15-10-17-6-7-18(15)22(19,20)11-14-5-2-8-21-14;/h1,3-4,9,14-15,17H,2,5-8,10-11H2;1H. The Morgan fingerprint density at radius 2 is 2.22 bits per heavy atom. The quantitative estimate of drug-likeness (QED) is 0.869. The molecule has 8 heteroatoms. The van der Waals surface area contributed by atoms with Gasteiger partial charge in [-0.1, -0.05) is 23.7 Å². The molecule has 2 atom stereocenters. The van der Waals surface area contributed by atoms with E-state index in [1.165, 1.54) is 0 Å². The first kappa shape index (κ1) is 19.0. The van der Waals surface area contributed by atoms with Gasteiger partial charge in [-0.15, -0.1) is 12.4 Å². The van der Waals surface area contributed by atoms with Crippen molar-refractivity contribution in [2.75, 3.05) is 32.0 Å². The second-order valence-corrected chi connectivity index (χ2v) is 8.20. The van der Waals surface area contributed by atoms with Gasteiger partial charge in [0.15, 0.2) is 0 Å². The zero-order chi connectivity index (χ0) is 15.6. The van der Waals surface area contributed by atoms with E-state index in [2.05, 4.69) is 5.32 Å². The lowest BCUT2D eigenvalue weighted by Crippen LogP contribution is -2.50. The predicted octanol–water partition coefficient (Wildman–Crippen LogP) is 2.22. The minimum absolute atomic E-state index is 0. The number of benzene rings is 1. The molecule has 0 spiro atoms. The van der Waals surface area contributed by atoms with E-state index in [1.54, 1.807) is 10.4 Å². The summed E-state index contributed by atoms with van der Waals surface area (Å²) in [6.45, 7) is 2.42. The third kappa shape index (κ3) is 4.59. The Bertz CT molecular complexity index is 621. The fraction of sp³-hybridized carbons (Fsp3) is 0.600. The zero-order valence-electron chi connectivity index (χ0n) is 12.8. The van der Waals surface area contributed by atoms with Crippen molar-refractivity contribution in [1.82, 2.24) is 9.62 Å². The lowest BCUT2D eigenvalue weighted by molar-refractivity contribution is 0.125. The van der Waals surface area contributed by atoms with E-state index in [0.717, 1.165) is 18.4 Å². The van der Waals surface area contributed by atoms with E-state index in [0.29, 0.717) is 31.3 Å². The molecule has 2 saturated heterocycles. The average molecular weight is 381 g/mol. The molecule has 2 heterocycles. The van der Waals surface area contributed by atoms with E-state index in [9.17, 15) is 8.42 Å². The first-order chi connectivity index (χ1) is 10.6. The van der Waals surface area contributed by atoms with Crippen LogP contribution in [0.2, 0.25) is 5.02 Å². The van der Waals surface area contributed by atoms with Crippen molar-refractivity contribution in [3.05, 3.63) is 34.9 Å². The second kappa shape index (κ2) is 8.14. The minimum atomic E-state index is -3.35. The molecule has 1 N–H and O–H groups in total. The summed E-state index contributed by atoms with van der Waals surface area (Å²) in [6.07, 6.45) is 1.60. The van der Waals surface area contributed by atoms with Gasteiger partial charge in [0.1, 0.15) is 0 Å². The Morgan fingerprint density at radius 1 is 1.39 bits per heavy atom. The summed E-state index contributed by atoms with van der Waals surface area (Å²) in [5.74, 6) is 0.0735. The van der Waals surface area contributed by atoms with E-state index >= 15 is 0 Å². The van der Waals surface area contributed by atoms with Gasteiger partial charge in [0.05, 0.1) is 17.9 Å². The highest BCUT2D eigenvalue weighted by molar-refractivity contribution is 7.89. The lowest BCUT2D eigenvalue weighted by Gasteiger charge is -2.36. The third-order valence-electron chi connectivity index (χ3n) is 4.21. The van der Waals surface area contributed by atoms with Crippen LogP contribution in [0.15, 0.2) is 24.3 Å². The molecule has 0 amide bonds. The van der Waals surface area contributed by atoms with E-state index < -0.39 is 10.0 Å². The van der Waals surface area contributed by atoms with Crippen molar-refractivity contribution in [3.63, 3.8) is 0 Å². The van der Waals surface area contributed by atoms with Crippen molar-refractivity contribution < 1.29 is 13.2 Å². The molecule has 2 aliphatic rings. The maximum absolute atomic E-state index is 12.8. The summed E-state index contributed by atoms with van der Waals surface area (Å²) >= 11 is 6.06. The molecule has 23 heavy (non-hydrogen) atoms. The lowest BCUT2D eigenvalue weighted by atomic mass is 10.1. The summed E-state index contributed by atoms with van der Waals surface area (Å²) in [5, 5.41) is 3.89. The van der Waals surface area contributed by atoms with Gasteiger partial charge in [0.2, 0.25) is 10.0 Å². The Kier molecular flexibility index (Phi) is 6.71. The first-order valence-electron chi connectivity index (χ1n) is 7.63. The van der Waals surface area contributed by atoms with Crippen LogP contribution in [0.3, 0.4) is 0 Å². The van der Waals surface area contributed by atoms with Crippen molar-refractivity contribution in [3.8, 4) is 0 Å². The first-order valence-corrected chi connectivity index (χ1v) is 9.62. The molecule has 0 aromatic heterocycles. The van der Waals surface area contributed by atoms with Crippen LogP contribution in [0.25, 0.3) is 0 Å². The molecule has 0 saturated carbocycles. The minimum Gasteiger partial charge on any atom is -0.377 e. The molecule has 130 valence electrons. The number of sulfonamides is 1. The molecule has 2 fully saturated rings. The molecule has 1 aromatic rings. The van der Waals surface area contributed by atoms with E-state index in [1.807, 2.05) is 18.2 Å². The van der Waals surface area contributed by atoms with Crippen LogP contribution < -0.4 is 5.32 Å². The Labute approximate surface area is 148 Å². The fourth-order valence-corrected chi connectivity index (χ4v) is 5.20. The maximum Gasteiger partial charge on any atom is 0.217 e. The molecule has 1 aromatic carbocycles. The van der Waals surface area contributed by atoms with E-state index in [4.69, 9.17) is 16.3 Å². The molecule has 0 aliphatic carbocycles. The van der Waals surface area contributed by atoms with Crippen LogP contribution in [0, 0.1) is 0 Å². The normalized spacial score (nSPS) is 26.0. The van der Waals surface area contributed by atoms with E-state index in [-0.39, 0.29) is 30.3 Å². The summed E-state index contributed by atoms with van der Waals surface area (Å²) in [6, 6.07) is 7.22. The number of hydrogen-bond donors (Lipinski definition) is 1. The van der Waals surface area contributed by atoms with Crippen molar-refractivity contribution in [2.24, 2.45) is 0 Å². The van der Waals surface area contributed by atoms with Crippen molar-refractivity contribution >= 4 is 34.0 Å². The Balaban J connectivity index is 0.00000192. The molecule has 3 rings (SSSR count). The van der Waals surface area contributed by atoms with Crippen LogP contribution in [-0.2, 0) is 14.8 Å². The van der Waals surface area contributed by atoms with Crippen LogP contribution in [-0.4, -0.2) is 50.8 Å². The van der Waals surface area contributed by atoms with Crippen molar-refractivity contribution in [2.45, 2.75) is 25.0 Å². The molecule has 2 unspecified atom stereocenters. The number of hydrogen-bond acceptors (Lipinski definition) is 4. The molecule has 0 radical (unpaired) electrons. The van der Waals surface area contributed by atoms with Gasteiger partial charge in [0.25, 0.3) is 0 Å². The highest BCUT2D eigenvalue weighted by Gasteiger charge is 2.35. The number of piperazine rings is 1. The highest BCUT2D eigenvalue weighted by Crippen LogP contribution is 2.28. The number of rotatable bonds is 4. The average Bonchev–Trinajstić information content (AvgIpc) is 2.99. The van der Waals surface area contributed by atoms with Gasteiger partial charge in [-0.3, -0.25) is 0 Å². The van der Waals surface area contributed by atoms with Gasteiger partial charge in [-0.25, -0.2) is 8.42 Å². The SMILES string of the molecule is Cl.O=S(=O)(CC1CCCO1)N1CCNCC1c1cccc(Cl)c1. The zero-order valence-corrected chi connectivity index (χ0v) is 15.2. The number of halogens is 2. The second-order valence-electron chi connectivity index (χ2n) is 5.80. The van der Waals surface area contributed by atoms with Crippen LogP contribution in [0.5, 0.6) is 0 Å². The molecule has 0 bridgehead atoms. The molecular weight excluding hydrogens is 359 g/mol. The van der Waals surface area contributed by atoms with Gasteiger partial charge >= 0.3 is 0 Å². The van der Waals surface area contributed by atoms with Gasteiger partial charge in [-0.2, -0.15) is 4.31 Å². The van der Waals surface area contributed by atoms with Crippen molar-refractivity contribution in [1.29, 1.82) is 0 Å². The highest BCUT2D eigenvalue weighted by atomic mass is 35.5. The number of nitrogens with one attached hydrogen (secondary N) is 1. The summed E-state index contributed by atoms with van der Waals surface area (Å²) in [5.41, 5.74) is 0.926. The number of nitrogens with zero attached hydrogens (tertiary/aromatic N) is 1. The topological polar surface area (TPSA) is 58.6 Å². The summed E-state index contributed by atoms with van der Waals surface area (Å²) in [7, 11) is -3.35. The largest absolute Gasteiger partial charge is 0.377 e. The molecule has 5 nitrogen and oxygen atoms in total. The predicted molar refractivity (Wildman–Crippen MR) is 93.8 cm³/mol. The van der Waals surface area contributed by atoms with Crippen LogP contribution >= 0.6 is 24.0 Å².